The molecule has 1 saturated heterocycles. The molecule has 0 unspecified atom stereocenters. The van der Waals surface area contributed by atoms with Gasteiger partial charge in [-0.3, -0.25) is 0 Å². The largest absolute Gasteiger partial charge is 0.398 e. The third-order valence-electron chi connectivity index (χ3n) is 3.60. The van der Waals surface area contributed by atoms with Crippen molar-refractivity contribution in [1.29, 1.82) is 0 Å². The van der Waals surface area contributed by atoms with E-state index in [0.29, 0.717) is 5.69 Å². The summed E-state index contributed by atoms with van der Waals surface area (Å²) in [5, 5.41) is 1.77. The third kappa shape index (κ3) is 3.26. The minimum Gasteiger partial charge on any atom is -0.398 e. The van der Waals surface area contributed by atoms with Gasteiger partial charge in [0.1, 0.15) is 0 Å². The average molecular weight is 283 g/mol. The van der Waals surface area contributed by atoms with Crippen molar-refractivity contribution in [2.24, 2.45) is 0 Å². The lowest BCUT2D eigenvalue weighted by molar-refractivity contribution is 0.200. The van der Waals surface area contributed by atoms with Crippen molar-refractivity contribution in [3.63, 3.8) is 0 Å². The zero-order valence-corrected chi connectivity index (χ0v) is 12.3. The minimum absolute atomic E-state index is 0.235. The fourth-order valence-electron chi connectivity index (χ4n) is 2.22. The number of hydrogen-bond acceptors (Lipinski definition) is 4. The summed E-state index contributed by atoms with van der Waals surface area (Å²) < 4.78 is 24.6. The number of hydrogen-bond donors (Lipinski definition) is 2. The molecule has 0 aliphatic carbocycles. The Morgan fingerprint density at radius 1 is 1.16 bits per heavy atom. The molecular weight excluding hydrogens is 262 g/mol. The van der Waals surface area contributed by atoms with Crippen LogP contribution in [0, 0.1) is 13.8 Å². The number of nitrogen functional groups attached to an aromatic ring is 1. The smallest absolute Gasteiger partial charge is 0.253 e. The standard InChI is InChI=1S/C13H21N3O2S/c1-10-8-12(9-13(14)11(10)2)19(17,18)15-16-6-4-3-5-7-16/h8-9,15H,3-7,14H2,1-2H3. The molecule has 1 aliphatic heterocycles. The normalized spacial score (nSPS) is 17.6. The van der Waals surface area contributed by atoms with Crippen molar-refractivity contribution in [2.45, 2.75) is 38.0 Å². The highest BCUT2D eigenvalue weighted by molar-refractivity contribution is 7.89. The second-order valence-corrected chi connectivity index (χ2v) is 6.76. The van der Waals surface area contributed by atoms with Gasteiger partial charge in [0.25, 0.3) is 10.0 Å². The van der Waals surface area contributed by atoms with E-state index in [1.165, 1.54) is 6.07 Å². The van der Waals surface area contributed by atoms with Crippen molar-refractivity contribution < 1.29 is 8.42 Å². The van der Waals surface area contributed by atoms with Gasteiger partial charge in [-0.2, -0.15) is 0 Å². The van der Waals surface area contributed by atoms with Crippen LogP contribution in [-0.4, -0.2) is 26.5 Å². The van der Waals surface area contributed by atoms with Gasteiger partial charge in [-0.1, -0.05) is 6.42 Å². The SMILES string of the molecule is Cc1cc(S(=O)(=O)NN2CCCCC2)cc(N)c1C. The quantitative estimate of drug-likeness (QED) is 0.826. The van der Waals surface area contributed by atoms with E-state index in [1.54, 1.807) is 11.1 Å². The van der Waals surface area contributed by atoms with Crippen LogP contribution in [-0.2, 0) is 10.0 Å². The first-order chi connectivity index (χ1) is 8.90. The molecule has 0 atom stereocenters. The highest BCUT2D eigenvalue weighted by atomic mass is 32.2. The average Bonchev–Trinajstić information content (AvgIpc) is 2.36. The van der Waals surface area contributed by atoms with Crippen LogP contribution in [0.3, 0.4) is 0 Å². The summed E-state index contributed by atoms with van der Waals surface area (Å²) in [6.07, 6.45) is 3.21. The summed E-state index contributed by atoms with van der Waals surface area (Å²) in [4.78, 5) is 2.87. The third-order valence-corrected chi connectivity index (χ3v) is 4.95. The van der Waals surface area contributed by atoms with Crippen LogP contribution in [0.4, 0.5) is 5.69 Å². The molecule has 0 radical (unpaired) electrons. The number of sulfonamides is 1. The first-order valence-corrected chi connectivity index (χ1v) is 8.02. The van der Waals surface area contributed by atoms with Crippen molar-refractivity contribution in [2.75, 3.05) is 18.8 Å². The maximum Gasteiger partial charge on any atom is 0.253 e. The minimum atomic E-state index is -3.53. The van der Waals surface area contributed by atoms with Gasteiger partial charge in [-0.15, -0.1) is 4.83 Å². The van der Waals surface area contributed by atoms with Crippen molar-refractivity contribution >= 4 is 15.7 Å². The number of nitrogens with two attached hydrogens (primary N) is 1. The van der Waals surface area contributed by atoms with Gasteiger partial charge in [0, 0.05) is 18.8 Å². The molecule has 0 saturated carbocycles. The monoisotopic (exact) mass is 283 g/mol. The highest BCUT2D eigenvalue weighted by Gasteiger charge is 2.21. The molecule has 106 valence electrons. The molecule has 1 aliphatic rings. The Kier molecular flexibility index (Phi) is 4.13. The van der Waals surface area contributed by atoms with Crippen LogP contribution in [0.25, 0.3) is 0 Å². The molecule has 0 amide bonds. The number of piperidine rings is 1. The molecule has 5 nitrogen and oxygen atoms in total. The molecule has 1 aromatic rings. The first-order valence-electron chi connectivity index (χ1n) is 6.54. The van der Waals surface area contributed by atoms with Gasteiger partial charge in [0.2, 0.25) is 0 Å². The number of benzene rings is 1. The van der Waals surface area contributed by atoms with E-state index in [1.807, 2.05) is 13.8 Å². The topological polar surface area (TPSA) is 75.4 Å². The van der Waals surface area contributed by atoms with E-state index in [-0.39, 0.29) is 4.90 Å². The number of aryl methyl sites for hydroxylation is 1. The van der Waals surface area contributed by atoms with Crippen LogP contribution in [0.2, 0.25) is 0 Å². The highest BCUT2D eigenvalue weighted by Crippen LogP contribution is 2.21. The summed E-state index contributed by atoms with van der Waals surface area (Å²) in [5.41, 5.74) is 8.17. The second kappa shape index (κ2) is 5.48. The molecular formula is C13H21N3O2S. The van der Waals surface area contributed by atoms with Crippen LogP contribution in [0.1, 0.15) is 30.4 Å². The fraction of sp³-hybridized carbons (Fsp3) is 0.538. The number of hydrazine groups is 1. The maximum absolute atomic E-state index is 12.3. The number of nitrogens with zero attached hydrogens (tertiary/aromatic N) is 1. The van der Waals surface area contributed by atoms with E-state index >= 15 is 0 Å². The summed E-state index contributed by atoms with van der Waals surface area (Å²) in [6, 6.07) is 3.19. The van der Waals surface area contributed by atoms with Gasteiger partial charge in [-0.25, -0.2) is 13.4 Å². The first kappa shape index (κ1) is 14.3. The molecule has 2 rings (SSSR count). The zero-order chi connectivity index (χ0) is 14.0. The van der Waals surface area contributed by atoms with Gasteiger partial charge in [-0.05, 0) is 49.9 Å². The van der Waals surface area contributed by atoms with Crippen LogP contribution < -0.4 is 10.6 Å². The van der Waals surface area contributed by atoms with E-state index < -0.39 is 10.0 Å². The van der Waals surface area contributed by atoms with Crippen molar-refractivity contribution in [3.05, 3.63) is 23.3 Å². The molecule has 1 fully saturated rings. The Morgan fingerprint density at radius 2 is 1.79 bits per heavy atom. The fourth-order valence-corrected chi connectivity index (χ4v) is 3.46. The molecule has 1 aromatic carbocycles. The molecule has 19 heavy (non-hydrogen) atoms. The summed E-state index contributed by atoms with van der Waals surface area (Å²) in [6.45, 7) is 5.28. The Hall–Kier alpha value is -1.11. The van der Waals surface area contributed by atoms with Crippen molar-refractivity contribution in [3.8, 4) is 0 Å². The lowest BCUT2D eigenvalue weighted by Crippen LogP contribution is -2.44. The van der Waals surface area contributed by atoms with Gasteiger partial charge < -0.3 is 5.73 Å². The molecule has 1 heterocycles. The lowest BCUT2D eigenvalue weighted by atomic mass is 10.1. The Morgan fingerprint density at radius 3 is 2.37 bits per heavy atom. The van der Waals surface area contributed by atoms with Gasteiger partial charge in [0.05, 0.1) is 4.90 Å². The zero-order valence-electron chi connectivity index (χ0n) is 11.4. The summed E-state index contributed by atoms with van der Waals surface area (Å²) in [5.74, 6) is 0. The van der Waals surface area contributed by atoms with Crippen molar-refractivity contribution in [1.82, 2.24) is 9.84 Å². The van der Waals surface area contributed by atoms with Crippen LogP contribution in [0.15, 0.2) is 17.0 Å². The van der Waals surface area contributed by atoms with Gasteiger partial charge >= 0.3 is 0 Å². The second-order valence-electron chi connectivity index (χ2n) is 5.10. The van der Waals surface area contributed by atoms with Crippen LogP contribution in [0.5, 0.6) is 0 Å². The predicted molar refractivity (Wildman–Crippen MR) is 76.1 cm³/mol. The summed E-state index contributed by atoms with van der Waals surface area (Å²) in [7, 11) is -3.53. The number of rotatable bonds is 3. The van der Waals surface area contributed by atoms with Gasteiger partial charge in [0.15, 0.2) is 0 Å². The molecule has 0 spiro atoms. The Labute approximate surface area is 114 Å². The lowest BCUT2D eigenvalue weighted by Gasteiger charge is -2.26. The molecule has 6 heteroatoms. The van der Waals surface area contributed by atoms with E-state index in [9.17, 15) is 8.42 Å². The van der Waals surface area contributed by atoms with E-state index in [4.69, 9.17) is 5.73 Å². The van der Waals surface area contributed by atoms with E-state index in [2.05, 4.69) is 4.83 Å². The Bertz CT molecular complexity index is 540. The molecule has 0 bridgehead atoms. The number of anilines is 1. The number of nitrogens with one attached hydrogen (secondary N) is 1. The van der Waals surface area contributed by atoms with Crippen LogP contribution >= 0.6 is 0 Å². The Balaban J connectivity index is 2.24. The maximum atomic E-state index is 12.3. The summed E-state index contributed by atoms with van der Waals surface area (Å²) >= 11 is 0. The molecule has 0 aromatic heterocycles. The predicted octanol–water partition coefficient (Wildman–Crippen LogP) is 1.56. The molecule has 3 N–H and O–H groups in total. The van der Waals surface area contributed by atoms with E-state index in [0.717, 1.165) is 43.5 Å².